The Morgan fingerprint density at radius 3 is 2.48 bits per heavy atom. The summed E-state index contributed by atoms with van der Waals surface area (Å²) in [4.78, 5) is 36.9. The van der Waals surface area contributed by atoms with E-state index in [1.165, 1.54) is 0 Å². The molecule has 0 aromatic heterocycles. The number of ketones is 1. The van der Waals surface area contributed by atoms with E-state index in [2.05, 4.69) is 29.8 Å². The SMILES string of the molecule is CC(C)OC(=O)C1C(Br)C2=CC(=O)CC[C@]2(C)[C@H]2CC[C@@]3(C)[C@@H](CC[C@]3(O)CCC(=O)O)[C@H]12. The Hall–Kier alpha value is -1.21. The van der Waals surface area contributed by atoms with E-state index in [1.807, 2.05) is 13.8 Å². The number of ether oxygens (including phenoxy) is 1. The minimum atomic E-state index is -1.05. The third-order valence-electron chi connectivity index (χ3n) is 9.74. The number of carbonyl (C=O) groups is 3. The third-order valence-corrected chi connectivity index (χ3v) is 10.8. The van der Waals surface area contributed by atoms with E-state index in [0.717, 1.165) is 31.3 Å². The standard InChI is InChI=1S/C26H37BrO6/c1-14(2)33-23(31)21-20-16(24(3)9-5-15(28)13-18(24)22(21)27)6-10-25(4)17(20)7-11-26(25,32)12-8-19(29)30/h13-14,16-17,20-22,32H,5-12H2,1-4H3,(H,29,30)/t16-,17-,20+,21?,22?,24+,25-,26-/m0/s1. The fraction of sp³-hybridized carbons (Fsp3) is 0.808. The average molecular weight is 525 g/mol. The number of esters is 1. The molecular formula is C26H37BrO6. The van der Waals surface area contributed by atoms with Crippen LogP contribution in [-0.2, 0) is 19.1 Å². The Morgan fingerprint density at radius 2 is 1.85 bits per heavy atom. The van der Waals surface area contributed by atoms with Crippen molar-refractivity contribution in [2.24, 2.45) is 34.5 Å². The molecule has 3 fully saturated rings. The molecule has 33 heavy (non-hydrogen) atoms. The number of aliphatic carboxylic acids is 1. The molecule has 4 aliphatic carbocycles. The number of allylic oxidation sites excluding steroid dienone is 1. The largest absolute Gasteiger partial charge is 0.481 e. The van der Waals surface area contributed by atoms with Gasteiger partial charge in [0.15, 0.2) is 5.78 Å². The summed E-state index contributed by atoms with van der Waals surface area (Å²) < 4.78 is 5.74. The second kappa shape index (κ2) is 8.47. The first-order valence-electron chi connectivity index (χ1n) is 12.4. The number of carboxylic acids is 1. The lowest BCUT2D eigenvalue weighted by molar-refractivity contribution is -0.172. The molecule has 4 rings (SSSR count). The van der Waals surface area contributed by atoms with E-state index in [9.17, 15) is 24.6 Å². The van der Waals surface area contributed by atoms with Crippen LogP contribution in [0.1, 0.15) is 79.1 Å². The predicted molar refractivity (Wildman–Crippen MR) is 127 cm³/mol. The normalized spacial score (nSPS) is 44.5. The topological polar surface area (TPSA) is 101 Å². The van der Waals surface area contributed by atoms with Crippen molar-refractivity contribution < 1.29 is 29.3 Å². The van der Waals surface area contributed by atoms with E-state index < -0.39 is 22.9 Å². The van der Waals surface area contributed by atoms with Crippen LogP contribution in [0.25, 0.3) is 0 Å². The van der Waals surface area contributed by atoms with Crippen LogP contribution >= 0.6 is 15.9 Å². The summed E-state index contributed by atoms with van der Waals surface area (Å²) >= 11 is 3.84. The third kappa shape index (κ3) is 3.81. The van der Waals surface area contributed by atoms with Gasteiger partial charge in [0.2, 0.25) is 0 Å². The van der Waals surface area contributed by atoms with Gasteiger partial charge in [-0.25, -0.2) is 0 Å². The van der Waals surface area contributed by atoms with Gasteiger partial charge >= 0.3 is 11.9 Å². The van der Waals surface area contributed by atoms with Crippen LogP contribution in [0.5, 0.6) is 0 Å². The van der Waals surface area contributed by atoms with Crippen LogP contribution in [0.3, 0.4) is 0 Å². The summed E-state index contributed by atoms with van der Waals surface area (Å²) in [6, 6.07) is 0. The Balaban J connectivity index is 1.78. The van der Waals surface area contributed by atoms with E-state index in [1.54, 1.807) is 6.08 Å². The highest BCUT2D eigenvalue weighted by molar-refractivity contribution is 9.09. The van der Waals surface area contributed by atoms with Gasteiger partial charge in [0.05, 0.1) is 22.5 Å². The maximum Gasteiger partial charge on any atom is 0.310 e. The van der Waals surface area contributed by atoms with Gasteiger partial charge in [-0.05, 0) is 92.6 Å². The second-order valence-electron chi connectivity index (χ2n) is 11.6. The van der Waals surface area contributed by atoms with Crippen LogP contribution in [0.2, 0.25) is 0 Å². The minimum absolute atomic E-state index is 0.00794. The van der Waals surface area contributed by atoms with Crippen LogP contribution in [0.4, 0.5) is 0 Å². The van der Waals surface area contributed by atoms with Gasteiger partial charge < -0.3 is 14.9 Å². The maximum atomic E-state index is 13.5. The van der Waals surface area contributed by atoms with Gasteiger partial charge in [0.1, 0.15) is 0 Å². The predicted octanol–water partition coefficient (Wildman–Crippen LogP) is 4.67. The molecule has 0 aromatic rings. The van der Waals surface area contributed by atoms with Crippen molar-refractivity contribution in [1.29, 1.82) is 0 Å². The molecule has 6 nitrogen and oxygen atoms in total. The van der Waals surface area contributed by atoms with Gasteiger partial charge in [-0.2, -0.15) is 0 Å². The number of alkyl halides is 1. The maximum absolute atomic E-state index is 13.5. The van der Waals surface area contributed by atoms with Gasteiger partial charge in [0.25, 0.3) is 0 Å². The summed E-state index contributed by atoms with van der Waals surface area (Å²) in [7, 11) is 0. The lowest BCUT2D eigenvalue weighted by Crippen LogP contribution is -2.61. The van der Waals surface area contributed by atoms with Crippen LogP contribution in [-0.4, -0.2) is 44.5 Å². The fourth-order valence-corrected chi connectivity index (χ4v) is 9.21. The molecule has 184 valence electrons. The average Bonchev–Trinajstić information content (AvgIpc) is 2.99. The Kier molecular flexibility index (Phi) is 6.39. The van der Waals surface area contributed by atoms with Crippen molar-refractivity contribution in [1.82, 2.24) is 0 Å². The van der Waals surface area contributed by atoms with Crippen LogP contribution in [0.15, 0.2) is 11.6 Å². The highest BCUT2D eigenvalue weighted by Gasteiger charge is 2.67. The van der Waals surface area contributed by atoms with Gasteiger partial charge in [-0.1, -0.05) is 29.8 Å². The van der Waals surface area contributed by atoms with E-state index in [0.29, 0.717) is 12.8 Å². The van der Waals surface area contributed by atoms with Crippen molar-refractivity contribution >= 4 is 33.7 Å². The lowest BCUT2D eigenvalue weighted by atomic mass is 9.44. The number of carbonyl (C=O) groups excluding carboxylic acids is 2. The molecule has 4 aliphatic rings. The van der Waals surface area contributed by atoms with Gasteiger partial charge in [-0.3, -0.25) is 14.4 Å². The molecule has 0 aliphatic heterocycles. The lowest BCUT2D eigenvalue weighted by Gasteiger charge is -2.62. The van der Waals surface area contributed by atoms with E-state index in [4.69, 9.17) is 4.74 Å². The van der Waals surface area contributed by atoms with E-state index >= 15 is 0 Å². The van der Waals surface area contributed by atoms with Crippen molar-refractivity contribution in [3.05, 3.63) is 11.6 Å². The molecule has 3 saturated carbocycles. The highest BCUT2D eigenvalue weighted by atomic mass is 79.9. The number of hydrogen-bond donors (Lipinski definition) is 2. The number of halogens is 1. The molecule has 7 heteroatoms. The summed E-state index contributed by atoms with van der Waals surface area (Å²) in [5.74, 6) is -1.14. The molecule has 0 amide bonds. The summed E-state index contributed by atoms with van der Waals surface area (Å²) in [5, 5.41) is 21.0. The van der Waals surface area contributed by atoms with Crippen molar-refractivity contribution in [2.45, 2.75) is 95.6 Å². The van der Waals surface area contributed by atoms with Gasteiger partial charge in [0, 0.05) is 12.8 Å². The number of rotatable bonds is 5. The zero-order valence-electron chi connectivity index (χ0n) is 20.1. The number of carboxylic acid groups (broad SMARTS) is 1. The zero-order valence-corrected chi connectivity index (χ0v) is 21.7. The molecule has 2 N–H and O–H groups in total. The smallest absolute Gasteiger partial charge is 0.310 e. The number of hydrogen-bond acceptors (Lipinski definition) is 5. The molecule has 0 bridgehead atoms. The summed E-state index contributed by atoms with van der Waals surface area (Å²) in [6.07, 6.45) is 5.98. The molecule has 0 spiro atoms. The van der Waals surface area contributed by atoms with Crippen molar-refractivity contribution in [3.8, 4) is 0 Å². The molecule has 0 saturated heterocycles. The Bertz CT molecular complexity index is 882. The van der Waals surface area contributed by atoms with E-state index in [-0.39, 0.29) is 58.7 Å². The summed E-state index contributed by atoms with van der Waals surface area (Å²) in [6.45, 7) is 8.05. The Labute approximate surface area is 204 Å². The second-order valence-corrected chi connectivity index (χ2v) is 12.6. The zero-order chi connectivity index (χ0) is 24.3. The Morgan fingerprint density at radius 1 is 1.18 bits per heavy atom. The summed E-state index contributed by atoms with van der Waals surface area (Å²) in [5.41, 5.74) is -0.651. The van der Waals surface area contributed by atoms with Crippen molar-refractivity contribution in [3.63, 3.8) is 0 Å². The molecule has 8 atom stereocenters. The molecule has 0 heterocycles. The van der Waals surface area contributed by atoms with Gasteiger partial charge in [-0.15, -0.1) is 0 Å². The quantitative estimate of drug-likeness (QED) is 0.400. The van der Waals surface area contributed by atoms with Crippen LogP contribution < -0.4 is 0 Å². The minimum Gasteiger partial charge on any atom is -0.481 e. The molecule has 0 aromatic carbocycles. The molecule has 0 radical (unpaired) electrons. The highest BCUT2D eigenvalue weighted by Crippen LogP contribution is 2.70. The molecular weight excluding hydrogens is 488 g/mol. The van der Waals surface area contributed by atoms with Crippen LogP contribution in [0, 0.1) is 34.5 Å². The first-order valence-corrected chi connectivity index (χ1v) is 13.3. The van der Waals surface area contributed by atoms with Crippen molar-refractivity contribution in [2.75, 3.05) is 0 Å². The first kappa shape index (κ1) is 24.9. The first-order chi connectivity index (χ1) is 15.3. The fourth-order valence-electron chi connectivity index (χ4n) is 7.98. The molecule has 2 unspecified atom stereocenters. The number of aliphatic hydroxyl groups is 1. The monoisotopic (exact) mass is 524 g/mol. The number of fused-ring (bicyclic) bond motifs is 5.